The van der Waals surface area contributed by atoms with Crippen LogP contribution < -0.4 is 5.32 Å². The van der Waals surface area contributed by atoms with Crippen LogP contribution >= 0.6 is 0 Å². The van der Waals surface area contributed by atoms with Crippen molar-refractivity contribution in [2.45, 2.75) is 46.4 Å². The molecule has 1 aromatic carbocycles. The summed E-state index contributed by atoms with van der Waals surface area (Å²) < 4.78 is 5.51. The van der Waals surface area contributed by atoms with Crippen LogP contribution in [0.4, 0.5) is 0 Å². The maximum absolute atomic E-state index is 12.0. The Morgan fingerprint density at radius 3 is 2.25 bits per heavy atom. The van der Waals surface area contributed by atoms with E-state index >= 15 is 0 Å². The quantitative estimate of drug-likeness (QED) is 0.805. The number of amides is 1. The number of hydrogen-bond donors (Lipinski definition) is 2. The van der Waals surface area contributed by atoms with Crippen LogP contribution in [0.5, 0.6) is 0 Å². The standard InChI is InChI=1S/C16H25NO3/c1-11(2)15(9-18)17-16(19)14-7-5-13(6-8-14)10-20-12(3)4/h5-8,11-12,15,18H,9-10H2,1-4H3,(H,17,19)/t15-/m1/s1. The first-order valence-corrected chi connectivity index (χ1v) is 7.06. The van der Waals surface area contributed by atoms with E-state index < -0.39 is 0 Å². The van der Waals surface area contributed by atoms with Crippen molar-refractivity contribution in [3.05, 3.63) is 35.4 Å². The second-order valence-electron chi connectivity index (χ2n) is 5.56. The second-order valence-corrected chi connectivity index (χ2v) is 5.56. The lowest BCUT2D eigenvalue weighted by atomic mass is 10.0. The number of hydrogen-bond acceptors (Lipinski definition) is 3. The molecule has 1 amide bonds. The van der Waals surface area contributed by atoms with Crippen LogP contribution in [0.15, 0.2) is 24.3 Å². The van der Waals surface area contributed by atoms with Crippen LogP contribution in [0.1, 0.15) is 43.6 Å². The molecule has 4 heteroatoms. The first-order chi connectivity index (χ1) is 9.43. The van der Waals surface area contributed by atoms with Crippen molar-refractivity contribution in [3.63, 3.8) is 0 Å². The average Bonchev–Trinajstić information content (AvgIpc) is 2.42. The lowest BCUT2D eigenvalue weighted by molar-refractivity contribution is 0.0656. The smallest absolute Gasteiger partial charge is 0.251 e. The van der Waals surface area contributed by atoms with Gasteiger partial charge in [-0.2, -0.15) is 0 Å². The average molecular weight is 279 g/mol. The molecule has 0 heterocycles. The lowest BCUT2D eigenvalue weighted by Crippen LogP contribution is -2.41. The molecule has 112 valence electrons. The summed E-state index contributed by atoms with van der Waals surface area (Å²) in [4.78, 5) is 12.0. The Bertz CT molecular complexity index is 412. The highest BCUT2D eigenvalue weighted by molar-refractivity contribution is 5.94. The summed E-state index contributed by atoms with van der Waals surface area (Å²) in [7, 11) is 0. The minimum Gasteiger partial charge on any atom is -0.394 e. The summed E-state index contributed by atoms with van der Waals surface area (Å²) in [5.41, 5.74) is 1.63. The van der Waals surface area contributed by atoms with Crippen LogP contribution in [0, 0.1) is 5.92 Å². The molecular weight excluding hydrogens is 254 g/mol. The van der Waals surface area contributed by atoms with Gasteiger partial charge in [0.25, 0.3) is 5.91 Å². The first kappa shape index (κ1) is 16.7. The molecule has 0 aliphatic heterocycles. The fourth-order valence-electron chi connectivity index (χ4n) is 1.69. The predicted octanol–water partition coefficient (Wildman–Crippen LogP) is 2.36. The van der Waals surface area contributed by atoms with Crippen molar-refractivity contribution >= 4 is 5.91 Å². The highest BCUT2D eigenvalue weighted by atomic mass is 16.5. The number of nitrogens with one attached hydrogen (secondary N) is 1. The van der Waals surface area contributed by atoms with Crippen LogP contribution in [0.3, 0.4) is 0 Å². The van der Waals surface area contributed by atoms with Gasteiger partial charge in [-0.1, -0.05) is 26.0 Å². The van der Waals surface area contributed by atoms with Crippen LogP contribution in [-0.2, 0) is 11.3 Å². The summed E-state index contributed by atoms with van der Waals surface area (Å²) in [5.74, 6) is 0.0387. The molecule has 0 saturated heterocycles. The van der Waals surface area contributed by atoms with Crippen molar-refractivity contribution in [1.29, 1.82) is 0 Å². The normalized spacial score (nSPS) is 12.8. The van der Waals surface area contributed by atoms with Crippen molar-refractivity contribution in [2.75, 3.05) is 6.61 Å². The van der Waals surface area contributed by atoms with Gasteiger partial charge in [0.15, 0.2) is 0 Å². The second kappa shape index (κ2) is 8.02. The molecule has 1 aromatic rings. The number of benzene rings is 1. The first-order valence-electron chi connectivity index (χ1n) is 7.06. The molecule has 0 aliphatic rings. The maximum Gasteiger partial charge on any atom is 0.251 e. The van der Waals surface area contributed by atoms with Gasteiger partial charge < -0.3 is 15.2 Å². The summed E-state index contributed by atoms with van der Waals surface area (Å²) >= 11 is 0. The van der Waals surface area contributed by atoms with Crippen LogP contribution in [0.25, 0.3) is 0 Å². The number of aliphatic hydroxyl groups is 1. The van der Waals surface area contributed by atoms with E-state index in [1.807, 2.05) is 39.8 Å². The number of carbonyl (C=O) groups excluding carboxylic acids is 1. The Labute approximate surface area is 121 Å². The lowest BCUT2D eigenvalue weighted by Gasteiger charge is -2.19. The fourth-order valence-corrected chi connectivity index (χ4v) is 1.69. The minimum atomic E-state index is -0.216. The summed E-state index contributed by atoms with van der Waals surface area (Å²) in [6, 6.07) is 7.12. The maximum atomic E-state index is 12.0. The molecule has 1 rings (SSSR count). The molecule has 20 heavy (non-hydrogen) atoms. The molecule has 0 saturated carbocycles. The Morgan fingerprint density at radius 2 is 1.80 bits per heavy atom. The Morgan fingerprint density at radius 1 is 1.20 bits per heavy atom. The highest BCUT2D eigenvalue weighted by Gasteiger charge is 2.16. The summed E-state index contributed by atoms with van der Waals surface area (Å²) in [6.45, 7) is 8.40. The molecule has 2 N–H and O–H groups in total. The Balaban J connectivity index is 2.61. The van der Waals surface area contributed by atoms with Gasteiger partial charge in [0.1, 0.15) is 0 Å². The summed E-state index contributed by atoms with van der Waals surface area (Å²) in [5, 5.41) is 12.1. The van der Waals surface area contributed by atoms with Gasteiger partial charge in [-0.25, -0.2) is 0 Å². The highest BCUT2D eigenvalue weighted by Crippen LogP contribution is 2.08. The number of rotatable bonds is 7. The van der Waals surface area contributed by atoms with Gasteiger partial charge in [0.05, 0.1) is 25.4 Å². The van der Waals surface area contributed by atoms with E-state index in [-0.39, 0.29) is 30.6 Å². The minimum absolute atomic E-state index is 0.0519. The van der Waals surface area contributed by atoms with E-state index in [1.54, 1.807) is 12.1 Å². The predicted molar refractivity (Wildman–Crippen MR) is 79.5 cm³/mol. The number of aliphatic hydroxyl groups excluding tert-OH is 1. The summed E-state index contributed by atoms with van der Waals surface area (Å²) in [6.07, 6.45) is 0.189. The van der Waals surface area contributed by atoms with Crippen LogP contribution in [0.2, 0.25) is 0 Å². The Hall–Kier alpha value is -1.39. The van der Waals surface area contributed by atoms with E-state index in [9.17, 15) is 9.90 Å². The zero-order valence-corrected chi connectivity index (χ0v) is 12.7. The largest absolute Gasteiger partial charge is 0.394 e. The van der Waals surface area contributed by atoms with E-state index in [2.05, 4.69) is 5.32 Å². The third-order valence-corrected chi connectivity index (χ3v) is 3.12. The number of carbonyl (C=O) groups is 1. The zero-order chi connectivity index (χ0) is 15.1. The molecule has 0 unspecified atom stereocenters. The molecule has 0 fully saturated rings. The molecule has 0 bridgehead atoms. The third kappa shape index (κ3) is 5.31. The SMILES string of the molecule is CC(C)OCc1ccc(C(=O)N[C@H](CO)C(C)C)cc1. The molecule has 0 aliphatic carbocycles. The molecule has 0 spiro atoms. The van der Waals surface area contributed by atoms with Gasteiger partial charge in [0.2, 0.25) is 0 Å². The van der Waals surface area contributed by atoms with E-state index in [0.717, 1.165) is 5.56 Å². The van der Waals surface area contributed by atoms with Crippen molar-refractivity contribution in [3.8, 4) is 0 Å². The molecule has 1 atom stereocenters. The van der Waals surface area contributed by atoms with E-state index in [0.29, 0.717) is 12.2 Å². The van der Waals surface area contributed by atoms with Gasteiger partial charge in [-0.3, -0.25) is 4.79 Å². The van der Waals surface area contributed by atoms with Crippen molar-refractivity contribution < 1.29 is 14.6 Å². The van der Waals surface area contributed by atoms with Gasteiger partial charge in [-0.05, 0) is 37.5 Å². The molecular formula is C16H25NO3. The zero-order valence-electron chi connectivity index (χ0n) is 12.7. The van der Waals surface area contributed by atoms with Gasteiger partial charge >= 0.3 is 0 Å². The molecule has 0 radical (unpaired) electrons. The fraction of sp³-hybridized carbons (Fsp3) is 0.562. The topological polar surface area (TPSA) is 58.6 Å². The third-order valence-electron chi connectivity index (χ3n) is 3.12. The van der Waals surface area contributed by atoms with Gasteiger partial charge in [-0.15, -0.1) is 0 Å². The van der Waals surface area contributed by atoms with Crippen molar-refractivity contribution in [2.24, 2.45) is 5.92 Å². The Kier molecular flexibility index (Phi) is 6.68. The molecule has 0 aromatic heterocycles. The van der Waals surface area contributed by atoms with E-state index in [4.69, 9.17) is 4.74 Å². The monoisotopic (exact) mass is 279 g/mol. The molecule has 4 nitrogen and oxygen atoms in total. The van der Waals surface area contributed by atoms with Gasteiger partial charge in [0, 0.05) is 5.56 Å². The van der Waals surface area contributed by atoms with Crippen molar-refractivity contribution in [1.82, 2.24) is 5.32 Å². The van der Waals surface area contributed by atoms with Crippen LogP contribution in [-0.4, -0.2) is 29.8 Å². The van der Waals surface area contributed by atoms with E-state index in [1.165, 1.54) is 0 Å². The number of ether oxygens (including phenoxy) is 1.